The fraction of sp³-hybridized carbons (Fsp3) is 0.118. The van der Waals surface area contributed by atoms with Crippen LogP contribution in [0, 0.1) is 0 Å². The fourth-order valence-corrected chi connectivity index (χ4v) is 2.29. The number of carbonyl (C=O) groups excluding carboxylic acids is 2. The van der Waals surface area contributed by atoms with E-state index in [0.29, 0.717) is 17.8 Å². The van der Waals surface area contributed by atoms with E-state index in [0.717, 1.165) is 11.1 Å². The molecule has 0 saturated carbocycles. The fourth-order valence-electron chi connectivity index (χ4n) is 2.29. The highest BCUT2D eigenvalue weighted by Crippen LogP contribution is 2.21. The van der Waals surface area contributed by atoms with Gasteiger partial charge in [0, 0.05) is 18.0 Å². The number of pyridine rings is 1. The number of imidazole rings is 1. The number of nitrogens with zero attached hydrogens (tertiary/aromatic N) is 2. The summed E-state index contributed by atoms with van der Waals surface area (Å²) in [6.07, 6.45) is 3.50. The zero-order chi connectivity index (χ0) is 16.4. The van der Waals surface area contributed by atoms with Crippen LogP contribution in [0.15, 0.2) is 48.8 Å². The van der Waals surface area contributed by atoms with Crippen LogP contribution >= 0.6 is 0 Å². The quantitative estimate of drug-likeness (QED) is 0.749. The summed E-state index contributed by atoms with van der Waals surface area (Å²) in [7, 11) is 0. The van der Waals surface area contributed by atoms with Gasteiger partial charge in [-0.2, -0.15) is 0 Å². The zero-order valence-corrected chi connectivity index (χ0v) is 12.5. The van der Waals surface area contributed by atoms with Crippen molar-refractivity contribution in [2.24, 2.45) is 5.73 Å². The van der Waals surface area contributed by atoms with Gasteiger partial charge in [-0.1, -0.05) is 12.1 Å². The number of rotatable bonds is 4. The predicted molar refractivity (Wildman–Crippen MR) is 85.1 cm³/mol. The van der Waals surface area contributed by atoms with Crippen molar-refractivity contribution in [2.75, 3.05) is 6.61 Å². The van der Waals surface area contributed by atoms with E-state index >= 15 is 0 Å². The van der Waals surface area contributed by atoms with Crippen LogP contribution in [0.3, 0.4) is 0 Å². The molecule has 0 unspecified atom stereocenters. The van der Waals surface area contributed by atoms with Crippen LogP contribution in [0.4, 0.5) is 0 Å². The highest BCUT2D eigenvalue weighted by molar-refractivity contribution is 5.93. The minimum Gasteiger partial charge on any atom is -0.461 e. The van der Waals surface area contributed by atoms with Crippen LogP contribution in [0.1, 0.15) is 27.8 Å². The van der Waals surface area contributed by atoms with Crippen molar-refractivity contribution < 1.29 is 14.3 Å². The number of primary amides is 1. The molecule has 116 valence electrons. The van der Waals surface area contributed by atoms with Crippen molar-refractivity contribution in [1.29, 1.82) is 0 Å². The van der Waals surface area contributed by atoms with Crippen molar-refractivity contribution in [3.8, 4) is 11.1 Å². The second-order valence-corrected chi connectivity index (χ2v) is 4.97. The maximum atomic E-state index is 11.7. The number of aromatic nitrogens is 2. The van der Waals surface area contributed by atoms with Gasteiger partial charge in [-0.15, -0.1) is 0 Å². The van der Waals surface area contributed by atoms with Crippen molar-refractivity contribution >= 4 is 17.5 Å². The first-order valence-electron chi connectivity index (χ1n) is 7.14. The van der Waals surface area contributed by atoms with Crippen LogP contribution in [0.2, 0.25) is 0 Å². The van der Waals surface area contributed by atoms with Gasteiger partial charge in [0.15, 0.2) is 5.69 Å². The summed E-state index contributed by atoms with van der Waals surface area (Å²) in [6.45, 7) is 2.06. The number of nitrogens with two attached hydrogens (primary N) is 1. The van der Waals surface area contributed by atoms with Crippen LogP contribution in [-0.2, 0) is 4.74 Å². The summed E-state index contributed by atoms with van der Waals surface area (Å²) in [5.74, 6) is -0.899. The van der Waals surface area contributed by atoms with Gasteiger partial charge < -0.3 is 14.9 Å². The summed E-state index contributed by atoms with van der Waals surface area (Å²) in [5, 5.41) is 0. The highest BCUT2D eigenvalue weighted by atomic mass is 16.5. The minimum absolute atomic E-state index is 0.271. The Balaban J connectivity index is 1.96. The number of amides is 1. The lowest BCUT2D eigenvalue weighted by atomic mass is 10.1. The summed E-state index contributed by atoms with van der Waals surface area (Å²) >= 11 is 0. The monoisotopic (exact) mass is 309 g/mol. The molecule has 1 amide bonds. The summed E-state index contributed by atoms with van der Waals surface area (Å²) in [4.78, 5) is 27.1. The number of esters is 1. The van der Waals surface area contributed by atoms with E-state index in [9.17, 15) is 9.59 Å². The third-order valence-electron chi connectivity index (χ3n) is 3.44. The van der Waals surface area contributed by atoms with Gasteiger partial charge in [-0.05, 0) is 42.3 Å². The van der Waals surface area contributed by atoms with Crippen LogP contribution in [-0.4, -0.2) is 27.9 Å². The molecule has 1 aromatic carbocycles. The molecule has 2 aromatic heterocycles. The third kappa shape index (κ3) is 2.91. The lowest BCUT2D eigenvalue weighted by Gasteiger charge is -2.03. The van der Waals surface area contributed by atoms with Crippen molar-refractivity contribution in [1.82, 2.24) is 9.38 Å². The van der Waals surface area contributed by atoms with Gasteiger partial charge in [0.2, 0.25) is 5.91 Å². The predicted octanol–water partition coefficient (Wildman–Crippen LogP) is 2.28. The highest BCUT2D eigenvalue weighted by Gasteiger charge is 2.12. The van der Waals surface area contributed by atoms with E-state index in [1.807, 2.05) is 30.5 Å². The maximum absolute atomic E-state index is 11.7. The second kappa shape index (κ2) is 5.92. The Morgan fingerprint density at radius 2 is 1.78 bits per heavy atom. The van der Waals surface area contributed by atoms with Crippen molar-refractivity contribution in [2.45, 2.75) is 6.92 Å². The molecule has 2 heterocycles. The number of benzene rings is 1. The molecule has 2 N–H and O–H groups in total. The van der Waals surface area contributed by atoms with Crippen LogP contribution in [0.5, 0.6) is 0 Å². The number of hydrogen-bond acceptors (Lipinski definition) is 4. The summed E-state index contributed by atoms with van der Waals surface area (Å²) in [5.41, 5.74) is 8.49. The lowest BCUT2D eigenvalue weighted by Crippen LogP contribution is -2.10. The Kier molecular flexibility index (Phi) is 3.80. The SMILES string of the molecule is CCOC(=O)c1cn2cc(-c3ccc(C(N)=O)cc3)ccc2n1. The lowest BCUT2D eigenvalue weighted by molar-refractivity contribution is 0.0520. The molecular formula is C17H15N3O3. The van der Waals surface area contributed by atoms with E-state index in [1.165, 1.54) is 0 Å². The molecule has 0 saturated heterocycles. The van der Waals surface area contributed by atoms with E-state index in [-0.39, 0.29) is 5.69 Å². The maximum Gasteiger partial charge on any atom is 0.358 e. The normalized spacial score (nSPS) is 10.7. The molecule has 6 nitrogen and oxygen atoms in total. The van der Waals surface area contributed by atoms with Crippen LogP contribution < -0.4 is 5.73 Å². The number of carbonyl (C=O) groups is 2. The zero-order valence-electron chi connectivity index (χ0n) is 12.5. The Labute approximate surface area is 132 Å². The average molecular weight is 309 g/mol. The molecule has 0 fully saturated rings. The Morgan fingerprint density at radius 3 is 2.43 bits per heavy atom. The first kappa shape index (κ1) is 14.8. The molecule has 0 atom stereocenters. The van der Waals surface area contributed by atoms with Gasteiger partial charge in [0.05, 0.1) is 6.61 Å². The van der Waals surface area contributed by atoms with Crippen molar-refractivity contribution in [3.63, 3.8) is 0 Å². The van der Waals surface area contributed by atoms with Gasteiger partial charge in [-0.25, -0.2) is 9.78 Å². The Bertz CT molecular complexity index is 882. The van der Waals surface area contributed by atoms with Gasteiger partial charge in [0.25, 0.3) is 0 Å². The number of fused-ring (bicyclic) bond motifs is 1. The minimum atomic E-state index is -0.458. The first-order valence-corrected chi connectivity index (χ1v) is 7.14. The van der Waals surface area contributed by atoms with Gasteiger partial charge in [-0.3, -0.25) is 4.79 Å². The smallest absolute Gasteiger partial charge is 0.358 e. The summed E-state index contributed by atoms with van der Waals surface area (Å²) in [6, 6.07) is 10.7. The molecule has 0 aliphatic heterocycles. The topological polar surface area (TPSA) is 86.7 Å². The first-order chi connectivity index (χ1) is 11.1. The molecule has 3 aromatic rings. The van der Waals surface area contributed by atoms with Gasteiger partial charge >= 0.3 is 5.97 Å². The van der Waals surface area contributed by atoms with E-state index < -0.39 is 11.9 Å². The second-order valence-electron chi connectivity index (χ2n) is 4.97. The molecule has 6 heteroatoms. The van der Waals surface area contributed by atoms with E-state index in [1.54, 1.807) is 29.7 Å². The molecule has 0 radical (unpaired) electrons. The third-order valence-corrected chi connectivity index (χ3v) is 3.44. The number of ether oxygens (including phenoxy) is 1. The molecule has 23 heavy (non-hydrogen) atoms. The van der Waals surface area contributed by atoms with Gasteiger partial charge in [0.1, 0.15) is 5.65 Å². The number of hydrogen-bond donors (Lipinski definition) is 1. The van der Waals surface area contributed by atoms with E-state index in [2.05, 4.69) is 4.98 Å². The molecule has 3 rings (SSSR count). The molecule has 0 spiro atoms. The molecule has 0 bridgehead atoms. The molecule has 0 aliphatic rings. The summed E-state index contributed by atoms with van der Waals surface area (Å²) < 4.78 is 6.72. The van der Waals surface area contributed by atoms with Crippen LogP contribution in [0.25, 0.3) is 16.8 Å². The molecular weight excluding hydrogens is 294 g/mol. The Hall–Kier alpha value is -3.15. The van der Waals surface area contributed by atoms with E-state index in [4.69, 9.17) is 10.5 Å². The van der Waals surface area contributed by atoms with Crippen molar-refractivity contribution in [3.05, 3.63) is 60.0 Å². The average Bonchev–Trinajstić information content (AvgIpc) is 2.98. The standard InChI is InChI=1S/C17H15N3O3/c1-2-23-17(22)14-10-20-9-13(7-8-15(20)19-14)11-3-5-12(6-4-11)16(18)21/h3-10H,2H2,1H3,(H2,18,21). The Morgan fingerprint density at radius 1 is 1.09 bits per heavy atom. The molecule has 0 aliphatic carbocycles. The largest absolute Gasteiger partial charge is 0.461 e.